The van der Waals surface area contributed by atoms with E-state index in [0.29, 0.717) is 56.2 Å². The fourth-order valence-corrected chi connectivity index (χ4v) is 4.24. The molecule has 2 aromatic heterocycles. The number of aryl methyl sites for hydroxylation is 2. The van der Waals surface area contributed by atoms with Crippen LogP contribution in [0.3, 0.4) is 0 Å². The summed E-state index contributed by atoms with van der Waals surface area (Å²) in [6.45, 7) is 11.8. The molecule has 3 heterocycles. The molecule has 150 valence electrons. The van der Waals surface area contributed by atoms with Crippen LogP contribution in [0.4, 0.5) is 5.88 Å². The van der Waals surface area contributed by atoms with Gasteiger partial charge in [-0.25, -0.2) is 4.98 Å². The number of hydrogen-bond donors (Lipinski definition) is 0. The van der Waals surface area contributed by atoms with Gasteiger partial charge < -0.3 is 14.2 Å². The van der Waals surface area contributed by atoms with E-state index in [1.165, 1.54) is 10.4 Å². The van der Waals surface area contributed by atoms with Gasteiger partial charge in [0.05, 0.1) is 6.54 Å². The molecule has 0 aromatic carbocycles. The zero-order valence-corrected chi connectivity index (χ0v) is 17.8. The normalized spacial score (nSPS) is 14.8. The topological polar surface area (TPSA) is 76.6 Å². The summed E-state index contributed by atoms with van der Waals surface area (Å²) < 4.78 is 5.59. The van der Waals surface area contributed by atoms with Crippen molar-refractivity contribution in [2.24, 2.45) is 0 Å². The Balaban J connectivity index is 1.58. The van der Waals surface area contributed by atoms with E-state index in [2.05, 4.69) is 48.2 Å². The third kappa shape index (κ3) is 4.54. The highest BCUT2D eigenvalue weighted by molar-refractivity contribution is 7.10. The van der Waals surface area contributed by atoms with Crippen molar-refractivity contribution < 1.29 is 9.21 Å². The van der Waals surface area contributed by atoms with Gasteiger partial charge in [-0.1, -0.05) is 0 Å². The molecule has 1 aliphatic heterocycles. The number of thiophene rings is 1. The number of piperazine rings is 1. The Hall–Kier alpha value is -2.37. The summed E-state index contributed by atoms with van der Waals surface area (Å²) in [4.78, 5) is 24.4. The van der Waals surface area contributed by atoms with Gasteiger partial charge in [-0.2, -0.15) is 5.26 Å². The van der Waals surface area contributed by atoms with Crippen molar-refractivity contribution in [2.75, 3.05) is 37.6 Å². The minimum atomic E-state index is 0.150. The molecular weight excluding hydrogens is 374 g/mol. The van der Waals surface area contributed by atoms with Crippen LogP contribution < -0.4 is 4.90 Å². The number of oxazole rings is 1. The van der Waals surface area contributed by atoms with Gasteiger partial charge in [0.15, 0.2) is 5.89 Å². The molecular formula is C20H27N5O2S. The van der Waals surface area contributed by atoms with Crippen LogP contribution in [0.15, 0.2) is 15.9 Å². The third-order valence-corrected chi connectivity index (χ3v) is 6.13. The Bertz CT molecular complexity index is 858. The third-order valence-electron chi connectivity index (χ3n) is 5.13. The smallest absolute Gasteiger partial charge is 0.236 e. The van der Waals surface area contributed by atoms with Gasteiger partial charge in [0.25, 0.3) is 0 Å². The van der Waals surface area contributed by atoms with Crippen molar-refractivity contribution in [1.82, 2.24) is 14.8 Å². The number of rotatable bonds is 6. The summed E-state index contributed by atoms with van der Waals surface area (Å²) in [5, 5.41) is 11.3. The number of nitriles is 1. The van der Waals surface area contributed by atoms with Gasteiger partial charge in [0, 0.05) is 50.6 Å². The van der Waals surface area contributed by atoms with E-state index in [1.54, 1.807) is 18.3 Å². The second-order valence-electron chi connectivity index (χ2n) is 7.39. The fraction of sp³-hybridized carbons (Fsp3) is 0.550. The van der Waals surface area contributed by atoms with Crippen LogP contribution >= 0.6 is 11.3 Å². The Kier molecular flexibility index (Phi) is 6.37. The highest BCUT2D eigenvalue weighted by Gasteiger charge is 2.27. The molecule has 0 bridgehead atoms. The summed E-state index contributed by atoms with van der Waals surface area (Å²) in [6.07, 6.45) is 0. The van der Waals surface area contributed by atoms with E-state index in [9.17, 15) is 10.1 Å². The Morgan fingerprint density at radius 3 is 2.64 bits per heavy atom. The molecule has 0 N–H and O–H groups in total. The molecule has 0 saturated carbocycles. The molecule has 2 aromatic rings. The first-order chi connectivity index (χ1) is 13.4. The molecule has 1 fully saturated rings. The Labute approximate surface area is 170 Å². The van der Waals surface area contributed by atoms with Crippen molar-refractivity contribution in [3.8, 4) is 6.07 Å². The van der Waals surface area contributed by atoms with Crippen LogP contribution in [0.5, 0.6) is 0 Å². The number of carbonyl (C=O) groups is 1. The lowest BCUT2D eigenvalue weighted by Gasteiger charge is -2.36. The molecule has 0 aliphatic carbocycles. The first-order valence-electron chi connectivity index (χ1n) is 9.56. The van der Waals surface area contributed by atoms with Gasteiger partial charge in [-0.3, -0.25) is 9.69 Å². The highest BCUT2D eigenvalue weighted by atomic mass is 32.1. The largest absolute Gasteiger partial charge is 0.424 e. The molecule has 28 heavy (non-hydrogen) atoms. The zero-order chi connectivity index (χ0) is 20.3. The minimum absolute atomic E-state index is 0.150. The summed E-state index contributed by atoms with van der Waals surface area (Å²) >= 11 is 1.75. The molecule has 0 unspecified atom stereocenters. The Morgan fingerprint density at radius 1 is 1.36 bits per heavy atom. The summed E-state index contributed by atoms with van der Waals surface area (Å²) in [6, 6.07) is 4.50. The van der Waals surface area contributed by atoms with E-state index < -0.39 is 0 Å². The number of hydrogen-bond acceptors (Lipinski definition) is 7. The second-order valence-corrected chi connectivity index (χ2v) is 8.39. The van der Waals surface area contributed by atoms with E-state index in [1.807, 2.05) is 9.80 Å². The van der Waals surface area contributed by atoms with Crippen molar-refractivity contribution >= 4 is 23.1 Å². The quantitative estimate of drug-likeness (QED) is 0.741. The Morgan fingerprint density at radius 2 is 2.07 bits per heavy atom. The average molecular weight is 402 g/mol. The van der Waals surface area contributed by atoms with E-state index >= 15 is 0 Å². The van der Waals surface area contributed by atoms with Crippen LogP contribution in [0.25, 0.3) is 0 Å². The lowest BCUT2D eigenvalue weighted by molar-refractivity contribution is -0.133. The lowest BCUT2D eigenvalue weighted by Crippen LogP contribution is -2.52. The standard InChI is InChI=1S/C20H27N5O2S/c1-14(2)25(12-18-15(3)5-10-28-18)13-19(26)23-6-8-24(9-7-23)20-17(11-21)22-16(4)27-20/h5,10,14H,6-9,12-13H2,1-4H3. The van der Waals surface area contributed by atoms with Gasteiger partial charge in [-0.05, 0) is 37.8 Å². The molecule has 1 saturated heterocycles. The highest BCUT2D eigenvalue weighted by Crippen LogP contribution is 2.23. The minimum Gasteiger partial charge on any atom is -0.424 e. The van der Waals surface area contributed by atoms with Crippen molar-refractivity contribution in [1.29, 1.82) is 5.26 Å². The first kappa shape index (κ1) is 20.4. The van der Waals surface area contributed by atoms with Crippen molar-refractivity contribution in [3.63, 3.8) is 0 Å². The molecule has 3 rings (SSSR count). The van der Waals surface area contributed by atoms with Crippen LogP contribution in [0, 0.1) is 25.2 Å². The van der Waals surface area contributed by atoms with Crippen molar-refractivity contribution in [2.45, 2.75) is 40.3 Å². The predicted octanol–water partition coefficient (Wildman–Crippen LogP) is 2.78. The van der Waals surface area contributed by atoms with Crippen LogP contribution in [0.1, 0.15) is 35.9 Å². The van der Waals surface area contributed by atoms with E-state index in [4.69, 9.17) is 4.42 Å². The summed E-state index contributed by atoms with van der Waals surface area (Å²) in [5.74, 6) is 1.15. The van der Waals surface area contributed by atoms with Gasteiger partial charge in [0.2, 0.25) is 17.5 Å². The van der Waals surface area contributed by atoms with Crippen LogP contribution in [0.2, 0.25) is 0 Å². The van der Waals surface area contributed by atoms with Crippen LogP contribution in [-0.2, 0) is 11.3 Å². The number of nitrogens with zero attached hydrogens (tertiary/aromatic N) is 5. The molecule has 8 heteroatoms. The van der Waals surface area contributed by atoms with Gasteiger partial charge >= 0.3 is 0 Å². The first-order valence-corrected chi connectivity index (χ1v) is 10.4. The molecule has 1 aliphatic rings. The molecule has 0 spiro atoms. The van der Waals surface area contributed by atoms with E-state index in [0.717, 1.165) is 6.54 Å². The van der Waals surface area contributed by atoms with Crippen LogP contribution in [-0.4, -0.2) is 59.5 Å². The average Bonchev–Trinajstić information content (AvgIpc) is 3.26. The number of anilines is 1. The second kappa shape index (κ2) is 8.76. The maximum Gasteiger partial charge on any atom is 0.236 e. The summed E-state index contributed by atoms with van der Waals surface area (Å²) in [7, 11) is 0. The number of amides is 1. The predicted molar refractivity (Wildman–Crippen MR) is 109 cm³/mol. The molecule has 0 radical (unpaired) electrons. The number of carbonyl (C=O) groups excluding carboxylic acids is 1. The number of aromatic nitrogens is 1. The SMILES string of the molecule is Cc1nc(C#N)c(N2CCN(C(=O)CN(Cc3sccc3C)C(C)C)CC2)o1. The van der Waals surface area contributed by atoms with Crippen molar-refractivity contribution in [3.05, 3.63) is 33.5 Å². The lowest BCUT2D eigenvalue weighted by atomic mass is 10.2. The molecule has 7 nitrogen and oxygen atoms in total. The fourth-order valence-electron chi connectivity index (χ4n) is 3.31. The van der Waals surface area contributed by atoms with Gasteiger partial charge in [-0.15, -0.1) is 11.3 Å². The zero-order valence-electron chi connectivity index (χ0n) is 16.9. The maximum atomic E-state index is 12.9. The molecule has 0 atom stereocenters. The van der Waals surface area contributed by atoms with Gasteiger partial charge in [0.1, 0.15) is 6.07 Å². The van der Waals surface area contributed by atoms with E-state index in [-0.39, 0.29) is 5.91 Å². The summed E-state index contributed by atoms with van der Waals surface area (Å²) in [5.41, 5.74) is 1.60. The maximum absolute atomic E-state index is 12.9. The molecule has 1 amide bonds. The monoisotopic (exact) mass is 401 g/mol.